The molecule has 0 aromatic heterocycles. The molecule has 1 saturated carbocycles. The second kappa shape index (κ2) is 5.41. The fraction of sp³-hybridized carbons (Fsp3) is 0.917. The number of ketones is 1. The van der Waals surface area contributed by atoms with E-state index in [2.05, 4.69) is 13.8 Å². The maximum atomic E-state index is 11.3. The molecular weight excluding hydrogens is 160 g/mol. The molecule has 0 aromatic carbocycles. The van der Waals surface area contributed by atoms with Crippen molar-refractivity contribution < 1.29 is 4.79 Å². The lowest BCUT2D eigenvalue weighted by atomic mass is 9.79. The predicted molar refractivity (Wildman–Crippen MR) is 55.7 cm³/mol. The van der Waals surface area contributed by atoms with E-state index in [1.807, 2.05) is 0 Å². The molecule has 0 heterocycles. The summed E-state index contributed by atoms with van der Waals surface area (Å²) in [4.78, 5) is 11.3. The molecule has 1 fully saturated rings. The van der Waals surface area contributed by atoms with Crippen LogP contribution in [0.3, 0.4) is 0 Å². The average molecular weight is 182 g/mol. The van der Waals surface area contributed by atoms with E-state index >= 15 is 0 Å². The lowest BCUT2D eigenvalue weighted by Crippen LogP contribution is -2.18. The first-order valence-electron chi connectivity index (χ1n) is 5.79. The minimum Gasteiger partial charge on any atom is -0.300 e. The van der Waals surface area contributed by atoms with Crippen LogP contribution < -0.4 is 0 Å². The van der Waals surface area contributed by atoms with Gasteiger partial charge in [0.15, 0.2) is 0 Å². The summed E-state index contributed by atoms with van der Waals surface area (Å²) in [6, 6.07) is 0. The summed E-state index contributed by atoms with van der Waals surface area (Å²) in [6.45, 7) is 4.55. The Balaban J connectivity index is 2.49. The van der Waals surface area contributed by atoms with Crippen molar-refractivity contribution in [2.24, 2.45) is 11.8 Å². The summed E-state index contributed by atoms with van der Waals surface area (Å²) >= 11 is 0. The number of rotatable bonds is 2. The van der Waals surface area contributed by atoms with Crippen LogP contribution in [-0.4, -0.2) is 5.78 Å². The molecule has 76 valence electrons. The van der Waals surface area contributed by atoms with Crippen molar-refractivity contribution in [3.05, 3.63) is 0 Å². The van der Waals surface area contributed by atoms with Gasteiger partial charge >= 0.3 is 0 Å². The second-order valence-corrected chi connectivity index (χ2v) is 4.31. The Morgan fingerprint density at radius 2 is 1.69 bits per heavy atom. The molecule has 0 aromatic rings. The quantitative estimate of drug-likeness (QED) is 0.638. The Kier molecular flexibility index (Phi) is 4.47. The largest absolute Gasteiger partial charge is 0.300 e. The third-order valence-electron chi connectivity index (χ3n) is 3.54. The van der Waals surface area contributed by atoms with E-state index in [4.69, 9.17) is 0 Å². The molecule has 2 atom stereocenters. The Hall–Kier alpha value is -0.330. The topological polar surface area (TPSA) is 17.1 Å². The van der Waals surface area contributed by atoms with Crippen LogP contribution in [0.15, 0.2) is 0 Å². The molecule has 0 bridgehead atoms. The van der Waals surface area contributed by atoms with Gasteiger partial charge in [-0.15, -0.1) is 0 Å². The van der Waals surface area contributed by atoms with E-state index in [0.717, 1.165) is 37.5 Å². The Bertz CT molecular complexity index is 163. The van der Waals surface area contributed by atoms with Crippen LogP contribution in [0.25, 0.3) is 0 Å². The SMILES string of the molecule is CCC1CCCC(=O)CCC1CC. The number of hydrogen-bond acceptors (Lipinski definition) is 1. The molecule has 0 amide bonds. The Morgan fingerprint density at radius 3 is 2.31 bits per heavy atom. The van der Waals surface area contributed by atoms with E-state index in [1.165, 1.54) is 19.3 Å². The summed E-state index contributed by atoms with van der Waals surface area (Å²) in [5.41, 5.74) is 0. The van der Waals surface area contributed by atoms with Gasteiger partial charge in [-0.25, -0.2) is 0 Å². The van der Waals surface area contributed by atoms with Gasteiger partial charge < -0.3 is 0 Å². The minimum atomic E-state index is 0.494. The molecular formula is C12H22O. The van der Waals surface area contributed by atoms with Gasteiger partial charge in [0.1, 0.15) is 5.78 Å². The molecule has 1 heteroatoms. The molecule has 0 aliphatic heterocycles. The molecule has 0 saturated heterocycles. The highest BCUT2D eigenvalue weighted by Gasteiger charge is 2.21. The first-order valence-corrected chi connectivity index (χ1v) is 5.79. The van der Waals surface area contributed by atoms with E-state index < -0.39 is 0 Å². The van der Waals surface area contributed by atoms with Crippen molar-refractivity contribution in [3.8, 4) is 0 Å². The smallest absolute Gasteiger partial charge is 0.132 e. The maximum Gasteiger partial charge on any atom is 0.132 e. The van der Waals surface area contributed by atoms with Crippen molar-refractivity contribution in [3.63, 3.8) is 0 Å². The molecule has 0 spiro atoms. The van der Waals surface area contributed by atoms with Crippen molar-refractivity contribution in [2.75, 3.05) is 0 Å². The van der Waals surface area contributed by atoms with Crippen LogP contribution >= 0.6 is 0 Å². The van der Waals surface area contributed by atoms with Gasteiger partial charge in [-0.2, -0.15) is 0 Å². The average Bonchev–Trinajstić information content (AvgIpc) is 2.12. The Labute approximate surface area is 81.9 Å². The van der Waals surface area contributed by atoms with Gasteiger partial charge in [0.2, 0.25) is 0 Å². The molecule has 1 nitrogen and oxygen atoms in total. The summed E-state index contributed by atoms with van der Waals surface area (Å²) in [7, 11) is 0. The summed E-state index contributed by atoms with van der Waals surface area (Å²) in [6.07, 6.45) is 7.79. The fourth-order valence-electron chi connectivity index (χ4n) is 2.58. The molecule has 0 radical (unpaired) electrons. The first kappa shape index (κ1) is 10.7. The van der Waals surface area contributed by atoms with Gasteiger partial charge in [0.25, 0.3) is 0 Å². The van der Waals surface area contributed by atoms with Crippen LogP contribution in [0.1, 0.15) is 58.8 Å². The number of carbonyl (C=O) groups is 1. The molecule has 1 aliphatic rings. The monoisotopic (exact) mass is 182 g/mol. The van der Waals surface area contributed by atoms with Gasteiger partial charge in [-0.3, -0.25) is 4.79 Å². The number of carbonyl (C=O) groups excluding carboxylic acids is 1. The Morgan fingerprint density at radius 1 is 1.08 bits per heavy atom. The molecule has 2 unspecified atom stereocenters. The van der Waals surface area contributed by atoms with E-state index in [9.17, 15) is 4.79 Å². The predicted octanol–water partition coefficient (Wildman–Crippen LogP) is 3.57. The molecule has 13 heavy (non-hydrogen) atoms. The molecule has 0 N–H and O–H groups in total. The van der Waals surface area contributed by atoms with Crippen LogP contribution in [-0.2, 0) is 4.79 Å². The highest BCUT2D eigenvalue weighted by molar-refractivity contribution is 5.78. The third kappa shape index (κ3) is 3.13. The third-order valence-corrected chi connectivity index (χ3v) is 3.54. The molecule has 1 rings (SSSR count). The minimum absolute atomic E-state index is 0.494. The van der Waals surface area contributed by atoms with E-state index in [0.29, 0.717) is 5.78 Å². The zero-order chi connectivity index (χ0) is 9.68. The number of hydrogen-bond donors (Lipinski definition) is 0. The standard InChI is InChI=1S/C12H22O/c1-3-10-6-5-7-12(13)9-8-11(10)4-2/h10-11H,3-9H2,1-2H3. The van der Waals surface area contributed by atoms with Crippen LogP contribution in [0.4, 0.5) is 0 Å². The van der Waals surface area contributed by atoms with Crippen LogP contribution in [0.5, 0.6) is 0 Å². The van der Waals surface area contributed by atoms with Gasteiger partial charge in [0, 0.05) is 12.8 Å². The summed E-state index contributed by atoms with van der Waals surface area (Å²) in [5, 5.41) is 0. The van der Waals surface area contributed by atoms with Crippen LogP contribution in [0.2, 0.25) is 0 Å². The van der Waals surface area contributed by atoms with Crippen LogP contribution in [0, 0.1) is 11.8 Å². The number of Topliss-reactive ketones (excluding diaryl/α,β-unsaturated/α-hetero) is 1. The highest BCUT2D eigenvalue weighted by Crippen LogP contribution is 2.31. The summed E-state index contributed by atoms with van der Waals surface area (Å²) < 4.78 is 0. The normalized spacial score (nSPS) is 31.1. The van der Waals surface area contributed by atoms with E-state index in [-0.39, 0.29) is 0 Å². The zero-order valence-corrected chi connectivity index (χ0v) is 9.01. The van der Waals surface area contributed by atoms with Gasteiger partial charge in [-0.05, 0) is 31.1 Å². The first-order chi connectivity index (χ1) is 6.27. The van der Waals surface area contributed by atoms with Crippen molar-refractivity contribution in [1.82, 2.24) is 0 Å². The highest BCUT2D eigenvalue weighted by atomic mass is 16.1. The second-order valence-electron chi connectivity index (χ2n) is 4.31. The molecule has 1 aliphatic carbocycles. The van der Waals surface area contributed by atoms with Crippen molar-refractivity contribution >= 4 is 5.78 Å². The summed E-state index contributed by atoms with van der Waals surface area (Å²) in [5.74, 6) is 2.19. The van der Waals surface area contributed by atoms with Crippen molar-refractivity contribution in [1.29, 1.82) is 0 Å². The lowest BCUT2D eigenvalue weighted by Gasteiger charge is -2.27. The lowest BCUT2D eigenvalue weighted by molar-refractivity contribution is -0.120. The van der Waals surface area contributed by atoms with Gasteiger partial charge in [0.05, 0.1) is 0 Å². The zero-order valence-electron chi connectivity index (χ0n) is 9.01. The van der Waals surface area contributed by atoms with E-state index in [1.54, 1.807) is 0 Å². The van der Waals surface area contributed by atoms with Crippen molar-refractivity contribution in [2.45, 2.75) is 58.8 Å². The fourth-order valence-corrected chi connectivity index (χ4v) is 2.58. The maximum absolute atomic E-state index is 11.3. The van der Waals surface area contributed by atoms with Gasteiger partial charge in [-0.1, -0.05) is 26.7 Å².